The van der Waals surface area contributed by atoms with Gasteiger partial charge in [0, 0.05) is 18.9 Å². The molecule has 1 aromatic heterocycles. The highest BCUT2D eigenvalue weighted by Crippen LogP contribution is 2.31. The summed E-state index contributed by atoms with van der Waals surface area (Å²) in [6.07, 6.45) is 5.35. The average Bonchev–Trinajstić information content (AvgIpc) is 2.79. The van der Waals surface area contributed by atoms with Crippen LogP contribution in [0.15, 0.2) is 22.9 Å². The summed E-state index contributed by atoms with van der Waals surface area (Å²) in [5.74, 6) is -0.131. The van der Waals surface area contributed by atoms with E-state index in [1.807, 2.05) is 13.0 Å². The van der Waals surface area contributed by atoms with E-state index in [1.165, 1.54) is 0 Å². The van der Waals surface area contributed by atoms with Crippen molar-refractivity contribution in [2.45, 2.75) is 25.8 Å². The first-order chi connectivity index (χ1) is 8.24. The molecule has 0 N–H and O–H groups in total. The quantitative estimate of drug-likeness (QED) is 0.804. The molecule has 92 valence electrons. The van der Waals surface area contributed by atoms with E-state index in [4.69, 9.17) is 4.74 Å². The monoisotopic (exact) mass is 298 g/mol. The summed E-state index contributed by atoms with van der Waals surface area (Å²) in [6, 6.07) is 1.76. The zero-order valence-electron chi connectivity index (χ0n) is 9.73. The van der Waals surface area contributed by atoms with Crippen LogP contribution in [0.25, 0.3) is 0 Å². The molecule has 0 spiro atoms. The van der Waals surface area contributed by atoms with E-state index in [0.29, 0.717) is 6.61 Å². The van der Waals surface area contributed by atoms with E-state index in [-0.39, 0.29) is 12.0 Å². The molecule has 0 aromatic carbocycles. The number of hydrogen-bond donors (Lipinski definition) is 0. The van der Waals surface area contributed by atoms with Gasteiger partial charge in [-0.25, -0.2) is 4.79 Å². The predicted octanol–water partition coefficient (Wildman–Crippen LogP) is 2.38. The van der Waals surface area contributed by atoms with Gasteiger partial charge in [0.15, 0.2) is 0 Å². The zero-order chi connectivity index (χ0) is 12.3. The Labute approximate surface area is 109 Å². The Morgan fingerprint density at radius 2 is 2.53 bits per heavy atom. The summed E-state index contributed by atoms with van der Waals surface area (Å²) < 4.78 is 6.02. The predicted molar refractivity (Wildman–Crippen MR) is 68.9 cm³/mol. The Kier molecular flexibility index (Phi) is 3.99. The van der Waals surface area contributed by atoms with Crippen LogP contribution in [-0.4, -0.2) is 30.1 Å². The van der Waals surface area contributed by atoms with Crippen molar-refractivity contribution in [3.8, 4) is 0 Å². The molecular formula is C12H15BrN2O2. The number of aromatic nitrogens is 1. The summed E-state index contributed by atoms with van der Waals surface area (Å²) >= 11 is 3.47. The Balaban J connectivity index is 2.20. The SMILES string of the molecule is CCOC(=O)C1CCCN1c1ccncc1Br. The van der Waals surface area contributed by atoms with Crippen LogP contribution < -0.4 is 4.90 Å². The summed E-state index contributed by atoms with van der Waals surface area (Å²) in [4.78, 5) is 18.0. The number of carbonyl (C=O) groups excluding carboxylic acids is 1. The highest BCUT2D eigenvalue weighted by molar-refractivity contribution is 9.10. The topological polar surface area (TPSA) is 42.4 Å². The Morgan fingerprint density at radius 3 is 3.24 bits per heavy atom. The summed E-state index contributed by atoms with van der Waals surface area (Å²) in [6.45, 7) is 3.15. The number of anilines is 1. The minimum Gasteiger partial charge on any atom is -0.464 e. The molecule has 1 aliphatic rings. The van der Waals surface area contributed by atoms with E-state index < -0.39 is 0 Å². The van der Waals surface area contributed by atoms with Crippen LogP contribution in [0.5, 0.6) is 0 Å². The number of rotatable bonds is 3. The second-order valence-electron chi connectivity index (χ2n) is 3.93. The molecule has 0 radical (unpaired) electrons. The fourth-order valence-corrected chi connectivity index (χ4v) is 2.62. The lowest BCUT2D eigenvalue weighted by Crippen LogP contribution is -2.37. The lowest BCUT2D eigenvalue weighted by molar-refractivity contribution is -0.144. The first kappa shape index (κ1) is 12.4. The van der Waals surface area contributed by atoms with Gasteiger partial charge in [-0.15, -0.1) is 0 Å². The van der Waals surface area contributed by atoms with Crippen molar-refractivity contribution in [3.63, 3.8) is 0 Å². The van der Waals surface area contributed by atoms with Crippen LogP contribution in [0.1, 0.15) is 19.8 Å². The van der Waals surface area contributed by atoms with Gasteiger partial charge in [0.05, 0.1) is 16.8 Å². The molecular weight excluding hydrogens is 284 g/mol. The number of nitrogens with zero attached hydrogens (tertiary/aromatic N) is 2. The molecule has 1 saturated heterocycles. The molecule has 0 amide bonds. The number of carbonyl (C=O) groups is 1. The molecule has 0 aliphatic carbocycles. The van der Waals surface area contributed by atoms with Crippen molar-refractivity contribution in [1.82, 2.24) is 4.98 Å². The first-order valence-electron chi connectivity index (χ1n) is 5.77. The van der Waals surface area contributed by atoms with Gasteiger partial charge in [0.2, 0.25) is 0 Å². The van der Waals surface area contributed by atoms with Gasteiger partial charge in [-0.2, -0.15) is 0 Å². The molecule has 0 saturated carbocycles. The van der Waals surface area contributed by atoms with Crippen molar-refractivity contribution in [1.29, 1.82) is 0 Å². The fraction of sp³-hybridized carbons (Fsp3) is 0.500. The third kappa shape index (κ3) is 2.60. The standard InChI is InChI=1S/C12H15BrN2O2/c1-2-17-12(16)11-4-3-7-15(11)10-5-6-14-8-9(10)13/h5-6,8,11H,2-4,7H2,1H3. The number of esters is 1. The Hall–Kier alpha value is -1.10. The second-order valence-corrected chi connectivity index (χ2v) is 4.78. The summed E-state index contributed by atoms with van der Waals surface area (Å²) in [7, 11) is 0. The van der Waals surface area contributed by atoms with Gasteiger partial charge in [0.25, 0.3) is 0 Å². The molecule has 4 nitrogen and oxygen atoms in total. The molecule has 5 heteroatoms. The van der Waals surface area contributed by atoms with Gasteiger partial charge in [0.1, 0.15) is 6.04 Å². The maximum absolute atomic E-state index is 11.8. The van der Waals surface area contributed by atoms with Crippen LogP contribution >= 0.6 is 15.9 Å². The van der Waals surface area contributed by atoms with Crippen molar-refractivity contribution >= 4 is 27.6 Å². The van der Waals surface area contributed by atoms with E-state index in [0.717, 1.165) is 29.5 Å². The van der Waals surface area contributed by atoms with Gasteiger partial charge in [-0.1, -0.05) is 0 Å². The second kappa shape index (κ2) is 5.49. The van der Waals surface area contributed by atoms with Gasteiger partial charge >= 0.3 is 5.97 Å². The van der Waals surface area contributed by atoms with Crippen molar-refractivity contribution in [2.24, 2.45) is 0 Å². The van der Waals surface area contributed by atoms with Crippen molar-refractivity contribution < 1.29 is 9.53 Å². The van der Waals surface area contributed by atoms with E-state index in [1.54, 1.807) is 12.4 Å². The van der Waals surface area contributed by atoms with Gasteiger partial charge in [-0.3, -0.25) is 4.98 Å². The van der Waals surface area contributed by atoms with Crippen molar-refractivity contribution in [2.75, 3.05) is 18.1 Å². The lowest BCUT2D eigenvalue weighted by atomic mass is 10.2. The lowest BCUT2D eigenvalue weighted by Gasteiger charge is -2.25. The highest BCUT2D eigenvalue weighted by atomic mass is 79.9. The van der Waals surface area contributed by atoms with E-state index in [2.05, 4.69) is 25.8 Å². The first-order valence-corrected chi connectivity index (χ1v) is 6.56. The van der Waals surface area contributed by atoms with Gasteiger partial charge < -0.3 is 9.64 Å². The van der Waals surface area contributed by atoms with Crippen LogP contribution in [0.2, 0.25) is 0 Å². The molecule has 1 aliphatic heterocycles. The van der Waals surface area contributed by atoms with Crippen LogP contribution in [0.4, 0.5) is 5.69 Å². The largest absolute Gasteiger partial charge is 0.464 e. The highest BCUT2D eigenvalue weighted by Gasteiger charge is 2.32. The van der Waals surface area contributed by atoms with Crippen LogP contribution in [0.3, 0.4) is 0 Å². The Bertz CT molecular complexity index is 411. The number of halogens is 1. The molecule has 1 aromatic rings. The molecule has 1 atom stereocenters. The van der Waals surface area contributed by atoms with Gasteiger partial charge in [-0.05, 0) is 41.8 Å². The molecule has 2 heterocycles. The molecule has 2 rings (SSSR count). The summed E-state index contributed by atoms with van der Waals surface area (Å²) in [5, 5.41) is 0. The Morgan fingerprint density at radius 1 is 1.71 bits per heavy atom. The van der Waals surface area contributed by atoms with E-state index >= 15 is 0 Å². The number of ether oxygens (including phenoxy) is 1. The normalized spacial score (nSPS) is 19.4. The average molecular weight is 299 g/mol. The number of hydrogen-bond acceptors (Lipinski definition) is 4. The maximum atomic E-state index is 11.8. The molecule has 1 fully saturated rings. The van der Waals surface area contributed by atoms with Crippen molar-refractivity contribution in [3.05, 3.63) is 22.9 Å². The minimum absolute atomic E-state index is 0.131. The third-order valence-electron chi connectivity index (χ3n) is 2.87. The third-order valence-corrected chi connectivity index (χ3v) is 3.48. The molecule has 17 heavy (non-hydrogen) atoms. The fourth-order valence-electron chi connectivity index (χ4n) is 2.14. The smallest absolute Gasteiger partial charge is 0.328 e. The number of pyridine rings is 1. The minimum atomic E-state index is -0.159. The molecule has 0 bridgehead atoms. The van der Waals surface area contributed by atoms with Crippen LogP contribution in [-0.2, 0) is 9.53 Å². The molecule has 1 unspecified atom stereocenters. The van der Waals surface area contributed by atoms with Crippen LogP contribution in [0, 0.1) is 0 Å². The van der Waals surface area contributed by atoms with E-state index in [9.17, 15) is 4.79 Å². The summed E-state index contributed by atoms with van der Waals surface area (Å²) in [5.41, 5.74) is 1.01. The zero-order valence-corrected chi connectivity index (χ0v) is 11.3. The maximum Gasteiger partial charge on any atom is 0.328 e.